The highest BCUT2D eigenvalue weighted by Gasteiger charge is 2.18. The van der Waals surface area contributed by atoms with Crippen molar-refractivity contribution in [3.8, 4) is 0 Å². The van der Waals surface area contributed by atoms with Gasteiger partial charge in [0.25, 0.3) is 11.8 Å². The quantitative estimate of drug-likeness (QED) is 0.513. The second-order valence-electron chi connectivity index (χ2n) is 5.01. The van der Waals surface area contributed by atoms with Crippen molar-refractivity contribution in [2.45, 2.75) is 0 Å². The third-order valence-electron chi connectivity index (χ3n) is 3.00. The number of nitro groups is 1. The highest BCUT2D eigenvalue weighted by Crippen LogP contribution is 2.18. The van der Waals surface area contributed by atoms with Crippen LogP contribution in [0.2, 0.25) is 0 Å². The fourth-order valence-corrected chi connectivity index (χ4v) is 1.84. The minimum absolute atomic E-state index is 0.0573. The molecule has 24 heavy (non-hydrogen) atoms. The molecule has 2 rings (SSSR count). The maximum absolute atomic E-state index is 12.2. The van der Waals surface area contributed by atoms with Crippen molar-refractivity contribution in [3.05, 3.63) is 69.6 Å². The van der Waals surface area contributed by atoms with E-state index in [1.54, 1.807) is 30.3 Å². The number of nitrogens with zero attached hydrogens (tertiary/aromatic N) is 2. The van der Waals surface area contributed by atoms with E-state index < -0.39 is 22.6 Å². The van der Waals surface area contributed by atoms with Crippen molar-refractivity contribution in [1.82, 2.24) is 10.2 Å². The molecule has 0 atom stereocenters. The second-order valence-corrected chi connectivity index (χ2v) is 5.01. The summed E-state index contributed by atoms with van der Waals surface area (Å²) in [5.74, 6) is -1.32. The molecule has 0 aliphatic heterocycles. The van der Waals surface area contributed by atoms with Crippen LogP contribution in [-0.4, -0.2) is 35.7 Å². The first-order valence-electron chi connectivity index (χ1n) is 6.92. The van der Waals surface area contributed by atoms with E-state index in [9.17, 15) is 19.7 Å². The first-order valence-corrected chi connectivity index (χ1v) is 6.92. The van der Waals surface area contributed by atoms with Gasteiger partial charge in [-0.25, -0.2) is 0 Å². The molecule has 0 fully saturated rings. The van der Waals surface area contributed by atoms with Crippen LogP contribution in [0.15, 0.2) is 52.6 Å². The van der Waals surface area contributed by atoms with Crippen molar-refractivity contribution in [2.75, 3.05) is 14.1 Å². The molecule has 0 saturated carbocycles. The summed E-state index contributed by atoms with van der Waals surface area (Å²) >= 11 is 0. The van der Waals surface area contributed by atoms with E-state index in [4.69, 9.17) is 4.42 Å². The Morgan fingerprint density at radius 2 is 1.83 bits per heavy atom. The zero-order chi connectivity index (χ0) is 17.7. The fraction of sp³-hybridized carbons (Fsp3) is 0.125. The Labute approximate surface area is 137 Å². The molecule has 0 unspecified atom stereocenters. The molecule has 124 valence electrons. The van der Waals surface area contributed by atoms with Crippen LogP contribution in [0.3, 0.4) is 0 Å². The smallest absolute Gasteiger partial charge is 0.401 e. The van der Waals surface area contributed by atoms with Gasteiger partial charge in [0.1, 0.15) is 16.4 Å². The Balaban J connectivity index is 2.30. The van der Waals surface area contributed by atoms with Crippen molar-refractivity contribution >= 4 is 23.8 Å². The van der Waals surface area contributed by atoms with Gasteiger partial charge in [-0.1, -0.05) is 18.2 Å². The monoisotopic (exact) mass is 329 g/mol. The summed E-state index contributed by atoms with van der Waals surface area (Å²) < 4.78 is 5.00. The van der Waals surface area contributed by atoms with Crippen LogP contribution in [0.5, 0.6) is 0 Å². The van der Waals surface area contributed by atoms with E-state index in [1.165, 1.54) is 37.2 Å². The predicted molar refractivity (Wildman–Crippen MR) is 85.9 cm³/mol. The summed E-state index contributed by atoms with van der Waals surface area (Å²) in [4.78, 5) is 35.7. The number of nitrogens with one attached hydrogen (secondary N) is 1. The summed E-state index contributed by atoms with van der Waals surface area (Å²) in [5, 5.41) is 13.2. The first-order chi connectivity index (χ1) is 11.4. The predicted octanol–water partition coefficient (Wildman–Crippen LogP) is 2.05. The van der Waals surface area contributed by atoms with E-state index in [0.717, 1.165) is 0 Å². The molecule has 0 aliphatic rings. The Hall–Kier alpha value is -3.42. The van der Waals surface area contributed by atoms with Crippen molar-refractivity contribution in [2.24, 2.45) is 0 Å². The van der Waals surface area contributed by atoms with Gasteiger partial charge < -0.3 is 14.6 Å². The van der Waals surface area contributed by atoms with Crippen LogP contribution in [0, 0.1) is 10.1 Å². The van der Waals surface area contributed by atoms with E-state index in [2.05, 4.69) is 5.32 Å². The average molecular weight is 329 g/mol. The summed E-state index contributed by atoms with van der Waals surface area (Å²) in [6.07, 6.45) is 1.25. The molecule has 0 saturated heterocycles. The minimum atomic E-state index is -0.687. The van der Waals surface area contributed by atoms with Gasteiger partial charge in [-0.3, -0.25) is 19.7 Å². The Morgan fingerprint density at radius 3 is 2.38 bits per heavy atom. The topological polar surface area (TPSA) is 106 Å². The van der Waals surface area contributed by atoms with Gasteiger partial charge in [-0.05, 0) is 18.2 Å². The number of amides is 2. The number of furan rings is 1. The molecule has 8 heteroatoms. The molecule has 2 aromatic rings. The number of hydrogen-bond acceptors (Lipinski definition) is 5. The second kappa shape index (κ2) is 7.23. The lowest BCUT2D eigenvalue weighted by molar-refractivity contribution is -0.402. The van der Waals surface area contributed by atoms with Gasteiger partial charge in [0.2, 0.25) is 0 Å². The summed E-state index contributed by atoms with van der Waals surface area (Å²) in [6.45, 7) is 0. The van der Waals surface area contributed by atoms with Gasteiger partial charge in [0, 0.05) is 25.7 Å². The lowest BCUT2D eigenvalue weighted by atomic mass is 10.2. The highest BCUT2D eigenvalue weighted by atomic mass is 16.6. The standard InChI is InChI=1S/C16H15N3O5/c1-18(2)16(21)13(10-12-8-9-14(24-12)19(22)23)17-15(20)11-6-4-3-5-7-11/h3-10H,1-2H3,(H,17,20)/b13-10+. The molecule has 0 aliphatic carbocycles. The third kappa shape index (κ3) is 4.07. The average Bonchev–Trinajstić information content (AvgIpc) is 3.03. The number of carbonyl (C=O) groups is 2. The van der Waals surface area contributed by atoms with Gasteiger partial charge in [0.15, 0.2) is 0 Å². The molecule has 0 bridgehead atoms. The van der Waals surface area contributed by atoms with E-state index >= 15 is 0 Å². The molecule has 0 radical (unpaired) electrons. The van der Waals surface area contributed by atoms with Crippen molar-refractivity contribution in [3.63, 3.8) is 0 Å². The van der Waals surface area contributed by atoms with Crippen LogP contribution in [-0.2, 0) is 4.79 Å². The van der Waals surface area contributed by atoms with Gasteiger partial charge in [-0.2, -0.15) is 0 Å². The molecule has 2 amide bonds. The molecular formula is C16H15N3O5. The fourth-order valence-electron chi connectivity index (χ4n) is 1.84. The Kier molecular flexibility index (Phi) is 5.10. The molecule has 1 N–H and O–H groups in total. The maximum atomic E-state index is 12.2. The van der Waals surface area contributed by atoms with Crippen LogP contribution in [0.1, 0.15) is 16.1 Å². The SMILES string of the molecule is CN(C)C(=O)/C(=C\c1ccc([N+](=O)[O-])o1)NC(=O)c1ccccc1. The third-order valence-corrected chi connectivity index (χ3v) is 3.00. The lowest BCUT2D eigenvalue weighted by Gasteiger charge is -2.14. The van der Waals surface area contributed by atoms with Gasteiger partial charge in [-0.15, -0.1) is 0 Å². The highest BCUT2D eigenvalue weighted by molar-refractivity contribution is 6.04. The van der Waals surface area contributed by atoms with E-state index in [0.29, 0.717) is 5.56 Å². The number of likely N-dealkylation sites (N-methyl/N-ethyl adjacent to an activating group) is 1. The lowest BCUT2D eigenvalue weighted by Crippen LogP contribution is -2.34. The number of benzene rings is 1. The van der Waals surface area contributed by atoms with Gasteiger partial charge >= 0.3 is 5.88 Å². The minimum Gasteiger partial charge on any atom is -0.401 e. The first kappa shape index (κ1) is 16.9. The molecule has 1 aromatic heterocycles. The normalized spacial score (nSPS) is 11.0. The Morgan fingerprint density at radius 1 is 1.17 bits per heavy atom. The van der Waals surface area contributed by atoms with Crippen molar-refractivity contribution in [1.29, 1.82) is 0 Å². The van der Waals surface area contributed by atoms with Crippen LogP contribution >= 0.6 is 0 Å². The molecule has 8 nitrogen and oxygen atoms in total. The number of carbonyl (C=O) groups excluding carboxylic acids is 2. The largest absolute Gasteiger partial charge is 0.433 e. The van der Waals surface area contributed by atoms with Crippen LogP contribution < -0.4 is 5.32 Å². The molecule has 1 aromatic carbocycles. The van der Waals surface area contributed by atoms with Crippen molar-refractivity contribution < 1.29 is 18.9 Å². The van der Waals surface area contributed by atoms with E-state index in [1.807, 2.05) is 0 Å². The summed E-state index contributed by atoms with van der Waals surface area (Å²) in [5.41, 5.74) is 0.318. The van der Waals surface area contributed by atoms with E-state index in [-0.39, 0.29) is 11.5 Å². The summed E-state index contributed by atoms with van der Waals surface area (Å²) in [7, 11) is 3.05. The van der Waals surface area contributed by atoms with Crippen LogP contribution in [0.25, 0.3) is 6.08 Å². The molecular weight excluding hydrogens is 314 g/mol. The number of hydrogen-bond donors (Lipinski definition) is 1. The van der Waals surface area contributed by atoms with Gasteiger partial charge in [0.05, 0.1) is 6.07 Å². The summed E-state index contributed by atoms with van der Waals surface area (Å²) in [6, 6.07) is 10.9. The molecule has 0 spiro atoms. The molecule has 1 heterocycles. The zero-order valence-corrected chi connectivity index (χ0v) is 13.1. The Bertz CT molecular complexity index is 793. The van der Waals surface area contributed by atoms with Crippen LogP contribution in [0.4, 0.5) is 5.88 Å². The number of rotatable bonds is 5. The maximum Gasteiger partial charge on any atom is 0.433 e. The zero-order valence-electron chi connectivity index (χ0n) is 13.1.